The van der Waals surface area contributed by atoms with Crippen LogP contribution >= 0.6 is 0 Å². The molecule has 0 amide bonds. The van der Waals surface area contributed by atoms with Crippen LogP contribution in [0.1, 0.15) is 46.2 Å². The Morgan fingerprint density at radius 2 is 1.64 bits per heavy atom. The Balaban J connectivity index is 3.11. The number of aryl methyl sites for hydroxylation is 1. The first-order valence-corrected chi connectivity index (χ1v) is 7.69. The fourth-order valence-electron chi connectivity index (χ4n) is 2.62. The van der Waals surface area contributed by atoms with Gasteiger partial charge in [-0.2, -0.15) is 0 Å². The summed E-state index contributed by atoms with van der Waals surface area (Å²) >= 11 is 0. The summed E-state index contributed by atoms with van der Waals surface area (Å²) in [5, 5.41) is 0. The second-order valence-electron chi connectivity index (χ2n) is 6.20. The van der Waals surface area contributed by atoms with E-state index in [1.54, 1.807) is 24.8 Å². The first-order valence-electron chi connectivity index (χ1n) is 7.69. The van der Waals surface area contributed by atoms with Crippen molar-refractivity contribution in [2.24, 2.45) is 5.92 Å². The van der Waals surface area contributed by atoms with Gasteiger partial charge in [-0.05, 0) is 33.6 Å². The highest BCUT2D eigenvalue weighted by Crippen LogP contribution is 2.24. The van der Waals surface area contributed by atoms with Gasteiger partial charge < -0.3 is 9.47 Å². The fraction of sp³-hybridized carbons (Fsp3) is 0.750. The summed E-state index contributed by atoms with van der Waals surface area (Å²) in [6, 6.07) is -0.172. The third-order valence-electron chi connectivity index (χ3n) is 4.09. The number of H-pyrrole nitrogens is 1. The topological polar surface area (TPSA) is 73.3 Å². The molecule has 1 heterocycles. The van der Waals surface area contributed by atoms with Crippen LogP contribution in [0.15, 0.2) is 15.8 Å². The molecule has 1 rings (SSSR count). The number of hydrogen-bond acceptors (Lipinski definition) is 4. The molecule has 0 aliphatic carbocycles. The van der Waals surface area contributed by atoms with Crippen LogP contribution < -0.4 is 11.2 Å². The zero-order chi connectivity index (χ0) is 17.0. The average molecular weight is 312 g/mol. The first kappa shape index (κ1) is 18.6. The van der Waals surface area contributed by atoms with Crippen molar-refractivity contribution < 1.29 is 9.47 Å². The average Bonchev–Trinajstić information content (AvgIpc) is 2.43. The van der Waals surface area contributed by atoms with E-state index in [9.17, 15) is 9.59 Å². The van der Waals surface area contributed by atoms with Crippen LogP contribution in [0.4, 0.5) is 0 Å². The molecule has 0 saturated carbocycles. The summed E-state index contributed by atoms with van der Waals surface area (Å²) in [5.74, 6) is 0.169. The van der Waals surface area contributed by atoms with E-state index in [0.29, 0.717) is 5.56 Å². The van der Waals surface area contributed by atoms with Crippen molar-refractivity contribution in [1.29, 1.82) is 0 Å². The molecule has 0 saturated heterocycles. The number of methoxy groups -OCH3 is 1. The summed E-state index contributed by atoms with van der Waals surface area (Å²) in [4.78, 5) is 26.0. The minimum absolute atomic E-state index is 0.0377. The van der Waals surface area contributed by atoms with Gasteiger partial charge >= 0.3 is 5.69 Å². The van der Waals surface area contributed by atoms with Gasteiger partial charge in [-0.3, -0.25) is 14.3 Å². The minimum atomic E-state index is -0.405. The quantitative estimate of drug-likeness (QED) is 0.834. The van der Waals surface area contributed by atoms with E-state index in [0.717, 1.165) is 0 Å². The molecule has 0 fully saturated rings. The molecule has 1 aromatic rings. The first-order chi connectivity index (χ1) is 10.2. The lowest BCUT2D eigenvalue weighted by atomic mass is 9.98. The van der Waals surface area contributed by atoms with E-state index >= 15 is 0 Å². The second-order valence-corrected chi connectivity index (χ2v) is 6.20. The van der Waals surface area contributed by atoms with Crippen LogP contribution in [0.5, 0.6) is 0 Å². The molecule has 0 radical (unpaired) electrons. The van der Waals surface area contributed by atoms with Crippen LogP contribution in [0.3, 0.4) is 0 Å². The lowest BCUT2D eigenvalue weighted by molar-refractivity contribution is -0.0895. The smallest absolute Gasteiger partial charge is 0.328 e. The van der Waals surface area contributed by atoms with Crippen molar-refractivity contribution in [3.05, 3.63) is 32.6 Å². The molecule has 0 aliphatic rings. The molecule has 0 bridgehead atoms. The minimum Gasteiger partial charge on any atom is -0.379 e. The Hall–Kier alpha value is -1.40. The highest BCUT2D eigenvalue weighted by molar-refractivity contribution is 5.02. The molecule has 0 spiro atoms. The number of hydrogen-bond donors (Lipinski definition) is 1. The maximum atomic E-state index is 12.1. The number of nitrogens with zero attached hydrogens (tertiary/aromatic N) is 1. The van der Waals surface area contributed by atoms with Gasteiger partial charge in [-0.25, -0.2) is 4.79 Å². The molecule has 6 nitrogen and oxygen atoms in total. The third-order valence-corrected chi connectivity index (χ3v) is 4.09. The van der Waals surface area contributed by atoms with Crippen LogP contribution in [0.25, 0.3) is 0 Å². The van der Waals surface area contributed by atoms with Crippen LogP contribution in [-0.4, -0.2) is 35.0 Å². The highest BCUT2D eigenvalue weighted by atomic mass is 16.5. The van der Waals surface area contributed by atoms with Crippen molar-refractivity contribution in [1.82, 2.24) is 9.55 Å². The van der Waals surface area contributed by atoms with Gasteiger partial charge in [0.15, 0.2) is 0 Å². The molecule has 1 N–H and O–H groups in total. The Labute approximate surface area is 131 Å². The fourth-order valence-corrected chi connectivity index (χ4v) is 2.62. The Kier molecular flexibility index (Phi) is 6.56. The van der Waals surface area contributed by atoms with Gasteiger partial charge in [-0.1, -0.05) is 13.8 Å². The number of aromatic nitrogens is 2. The van der Waals surface area contributed by atoms with Gasteiger partial charge in [-0.15, -0.1) is 0 Å². The summed E-state index contributed by atoms with van der Waals surface area (Å²) in [7, 11) is 1.64. The molecular weight excluding hydrogens is 284 g/mol. The van der Waals surface area contributed by atoms with E-state index in [-0.39, 0.29) is 35.8 Å². The number of aromatic amines is 1. The molecule has 22 heavy (non-hydrogen) atoms. The molecular formula is C16H28N2O4. The van der Waals surface area contributed by atoms with Gasteiger partial charge in [0.25, 0.3) is 5.56 Å². The zero-order valence-electron chi connectivity index (χ0n) is 14.5. The van der Waals surface area contributed by atoms with Crippen LogP contribution in [-0.2, 0) is 9.47 Å². The monoisotopic (exact) mass is 312 g/mol. The molecule has 4 unspecified atom stereocenters. The van der Waals surface area contributed by atoms with Crippen LogP contribution in [0, 0.1) is 12.8 Å². The predicted molar refractivity (Wildman–Crippen MR) is 86.4 cm³/mol. The van der Waals surface area contributed by atoms with Crippen molar-refractivity contribution in [2.75, 3.05) is 7.11 Å². The summed E-state index contributed by atoms with van der Waals surface area (Å²) in [6.45, 7) is 11.6. The third kappa shape index (κ3) is 4.30. The highest BCUT2D eigenvalue weighted by Gasteiger charge is 2.27. The van der Waals surface area contributed by atoms with Crippen molar-refractivity contribution in [2.45, 2.75) is 65.9 Å². The lowest BCUT2D eigenvalue weighted by Crippen LogP contribution is -2.41. The second kappa shape index (κ2) is 7.74. The van der Waals surface area contributed by atoms with Crippen molar-refractivity contribution in [3.8, 4) is 0 Å². The van der Waals surface area contributed by atoms with E-state index in [4.69, 9.17) is 9.47 Å². The maximum absolute atomic E-state index is 12.1. The van der Waals surface area contributed by atoms with Crippen LogP contribution in [0.2, 0.25) is 0 Å². The van der Waals surface area contributed by atoms with E-state index in [1.807, 2.05) is 34.6 Å². The van der Waals surface area contributed by atoms with E-state index < -0.39 is 5.69 Å². The summed E-state index contributed by atoms with van der Waals surface area (Å²) in [6.07, 6.45) is 1.27. The Morgan fingerprint density at radius 3 is 2.14 bits per heavy atom. The molecule has 6 heteroatoms. The van der Waals surface area contributed by atoms with Gasteiger partial charge in [0, 0.05) is 18.9 Å². The molecule has 4 atom stereocenters. The number of ether oxygens (including phenoxy) is 2. The van der Waals surface area contributed by atoms with Gasteiger partial charge in [0.05, 0.1) is 24.4 Å². The SMILES string of the molecule is COC(C)C(C)OC(C)C(C(C)C)n1cc(C)c(=O)[nH]c1=O. The van der Waals surface area contributed by atoms with E-state index in [2.05, 4.69) is 4.98 Å². The zero-order valence-corrected chi connectivity index (χ0v) is 14.5. The van der Waals surface area contributed by atoms with Gasteiger partial charge in [0.2, 0.25) is 0 Å². The van der Waals surface area contributed by atoms with E-state index in [1.165, 1.54) is 0 Å². The summed E-state index contributed by atoms with van der Waals surface area (Å²) < 4.78 is 12.9. The summed E-state index contributed by atoms with van der Waals surface area (Å²) in [5.41, 5.74) is -0.244. The molecule has 1 aromatic heterocycles. The number of nitrogens with one attached hydrogen (secondary N) is 1. The molecule has 126 valence electrons. The van der Waals surface area contributed by atoms with Crippen molar-refractivity contribution >= 4 is 0 Å². The molecule has 0 aromatic carbocycles. The lowest BCUT2D eigenvalue weighted by Gasteiger charge is -2.32. The molecule has 0 aliphatic heterocycles. The largest absolute Gasteiger partial charge is 0.379 e. The Morgan fingerprint density at radius 1 is 1.05 bits per heavy atom. The van der Waals surface area contributed by atoms with Crippen molar-refractivity contribution in [3.63, 3.8) is 0 Å². The maximum Gasteiger partial charge on any atom is 0.328 e. The Bertz CT molecular complexity index is 591. The number of rotatable bonds is 7. The van der Waals surface area contributed by atoms with Gasteiger partial charge in [0.1, 0.15) is 0 Å². The normalized spacial score (nSPS) is 17.3. The standard InChI is InChI=1S/C16H28N2O4/c1-9(2)14(13(6)22-12(5)11(4)21-7)18-8-10(3)15(19)17-16(18)20/h8-9,11-14H,1-7H3,(H,17,19,20). The predicted octanol–water partition coefficient (Wildman–Crippen LogP) is 1.87.